The predicted molar refractivity (Wildman–Crippen MR) is 69.6 cm³/mol. The van der Waals surface area contributed by atoms with Gasteiger partial charge in [-0.2, -0.15) is 0 Å². The number of carbonyl (C=O) groups excluding carboxylic acids is 1. The molecule has 0 aliphatic heterocycles. The smallest absolute Gasteiger partial charge is 0.335 e. The van der Waals surface area contributed by atoms with E-state index in [1.807, 2.05) is 0 Å². The minimum atomic E-state index is -0.988. The van der Waals surface area contributed by atoms with Gasteiger partial charge in [0, 0.05) is 12.2 Å². The fourth-order valence-corrected chi connectivity index (χ4v) is 1.32. The van der Waals surface area contributed by atoms with E-state index in [2.05, 4.69) is 5.32 Å². The van der Waals surface area contributed by atoms with Gasteiger partial charge in [-0.15, -0.1) is 0 Å². The van der Waals surface area contributed by atoms with E-state index in [0.717, 1.165) is 0 Å². The molecule has 5 nitrogen and oxygen atoms in total. The summed E-state index contributed by atoms with van der Waals surface area (Å²) in [4.78, 5) is 22.7. The number of carboxylic acid groups (broad SMARTS) is 1. The van der Waals surface area contributed by atoms with E-state index >= 15 is 0 Å². The van der Waals surface area contributed by atoms with Crippen LogP contribution in [0, 0.1) is 12.3 Å². The van der Waals surface area contributed by atoms with Gasteiger partial charge in [0.15, 0.2) is 0 Å². The molecule has 0 aromatic heterocycles. The molecule has 0 radical (unpaired) electrons. The molecule has 0 bridgehead atoms. The molecule has 5 heteroatoms. The monoisotopic (exact) mass is 250 g/mol. The van der Waals surface area contributed by atoms with Crippen molar-refractivity contribution in [2.75, 3.05) is 11.9 Å². The Kier molecular flexibility index (Phi) is 4.08. The van der Waals surface area contributed by atoms with Crippen molar-refractivity contribution in [2.24, 2.45) is 11.1 Å². The van der Waals surface area contributed by atoms with Crippen LogP contribution in [0.15, 0.2) is 18.2 Å². The van der Waals surface area contributed by atoms with Gasteiger partial charge >= 0.3 is 5.97 Å². The zero-order valence-electron chi connectivity index (χ0n) is 10.8. The van der Waals surface area contributed by atoms with E-state index in [0.29, 0.717) is 11.3 Å². The lowest BCUT2D eigenvalue weighted by atomic mass is 9.92. The maximum atomic E-state index is 11.9. The Labute approximate surface area is 106 Å². The zero-order chi connectivity index (χ0) is 13.9. The van der Waals surface area contributed by atoms with Crippen molar-refractivity contribution >= 4 is 17.6 Å². The number of benzene rings is 1. The van der Waals surface area contributed by atoms with E-state index in [1.165, 1.54) is 12.1 Å². The van der Waals surface area contributed by atoms with Crippen LogP contribution in [-0.2, 0) is 4.79 Å². The fourth-order valence-electron chi connectivity index (χ4n) is 1.32. The molecular weight excluding hydrogens is 232 g/mol. The van der Waals surface area contributed by atoms with Gasteiger partial charge < -0.3 is 16.2 Å². The van der Waals surface area contributed by atoms with Crippen molar-refractivity contribution in [3.05, 3.63) is 29.3 Å². The summed E-state index contributed by atoms with van der Waals surface area (Å²) in [5.41, 5.74) is 6.38. The first-order valence-electron chi connectivity index (χ1n) is 5.63. The van der Waals surface area contributed by atoms with Crippen LogP contribution in [-0.4, -0.2) is 23.5 Å². The SMILES string of the molecule is Cc1cc(C(=O)O)ccc1NC(=O)C(C)(C)CN. The first-order chi connectivity index (χ1) is 8.27. The quantitative estimate of drug-likeness (QED) is 0.757. The van der Waals surface area contributed by atoms with Gasteiger partial charge in [0.25, 0.3) is 0 Å². The Bertz CT molecular complexity index is 481. The fraction of sp³-hybridized carbons (Fsp3) is 0.385. The van der Waals surface area contributed by atoms with Crippen molar-refractivity contribution in [2.45, 2.75) is 20.8 Å². The highest BCUT2D eigenvalue weighted by atomic mass is 16.4. The molecule has 0 heterocycles. The molecule has 0 atom stereocenters. The van der Waals surface area contributed by atoms with Crippen LogP contribution >= 0.6 is 0 Å². The Hall–Kier alpha value is -1.88. The highest BCUT2D eigenvalue weighted by molar-refractivity contribution is 5.96. The molecule has 98 valence electrons. The van der Waals surface area contributed by atoms with Crippen molar-refractivity contribution in [1.29, 1.82) is 0 Å². The van der Waals surface area contributed by atoms with Crippen LogP contribution < -0.4 is 11.1 Å². The lowest BCUT2D eigenvalue weighted by molar-refractivity contribution is -0.123. The molecule has 0 unspecified atom stereocenters. The molecule has 0 aliphatic carbocycles. The van der Waals surface area contributed by atoms with E-state index in [-0.39, 0.29) is 18.0 Å². The molecule has 4 N–H and O–H groups in total. The highest BCUT2D eigenvalue weighted by Crippen LogP contribution is 2.21. The molecule has 0 saturated heterocycles. The zero-order valence-corrected chi connectivity index (χ0v) is 10.8. The molecular formula is C13H18N2O3. The number of aryl methyl sites for hydroxylation is 1. The molecule has 1 amide bonds. The third kappa shape index (κ3) is 3.07. The first-order valence-corrected chi connectivity index (χ1v) is 5.63. The number of carbonyl (C=O) groups is 2. The van der Waals surface area contributed by atoms with Gasteiger partial charge in [-0.3, -0.25) is 4.79 Å². The van der Waals surface area contributed by atoms with Gasteiger partial charge in [-0.25, -0.2) is 4.79 Å². The average Bonchev–Trinajstić information content (AvgIpc) is 2.31. The molecule has 1 aromatic carbocycles. The summed E-state index contributed by atoms with van der Waals surface area (Å²) in [6, 6.07) is 4.57. The minimum absolute atomic E-state index is 0.184. The lowest BCUT2D eigenvalue weighted by Gasteiger charge is -2.22. The Morgan fingerprint density at radius 1 is 1.39 bits per heavy atom. The van der Waals surface area contributed by atoms with Crippen molar-refractivity contribution < 1.29 is 14.7 Å². The summed E-state index contributed by atoms with van der Waals surface area (Å²) in [5.74, 6) is -1.17. The topological polar surface area (TPSA) is 92.4 Å². The second kappa shape index (κ2) is 5.18. The van der Waals surface area contributed by atoms with Gasteiger partial charge in [-0.05, 0) is 44.5 Å². The van der Waals surface area contributed by atoms with Crippen LogP contribution in [0.4, 0.5) is 5.69 Å². The lowest BCUT2D eigenvalue weighted by Crippen LogP contribution is -2.37. The second-order valence-corrected chi connectivity index (χ2v) is 4.88. The van der Waals surface area contributed by atoms with Gasteiger partial charge in [0.05, 0.1) is 11.0 Å². The van der Waals surface area contributed by atoms with Crippen LogP contribution in [0.1, 0.15) is 29.8 Å². The van der Waals surface area contributed by atoms with Crippen molar-refractivity contribution in [3.63, 3.8) is 0 Å². The van der Waals surface area contributed by atoms with Gasteiger partial charge in [-0.1, -0.05) is 0 Å². The predicted octanol–water partition coefficient (Wildman–Crippen LogP) is 1.62. The number of amides is 1. The maximum Gasteiger partial charge on any atom is 0.335 e. The van der Waals surface area contributed by atoms with E-state index < -0.39 is 11.4 Å². The Balaban J connectivity index is 2.93. The number of nitrogens with one attached hydrogen (secondary N) is 1. The summed E-state index contributed by atoms with van der Waals surface area (Å²) >= 11 is 0. The molecule has 1 aromatic rings. The van der Waals surface area contributed by atoms with Crippen molar-refractivity contribution in [3.8, 4) is 0 Å². The summed E-state index contributed by atoms with van der Waals surface area (Å²) < 4.78 is 0. The second-order valence-electron chi connectivity index (χ2n) is 4.88. The largest absolute Gasteiger partial charge is 0.478 e. The molecule has 0 spiro atoms. The number of carboxylic acids is 1. The summed E-state index contributed by atoms with van der Waals surface area (Å²) in [5, 5.41) is 11.6. The summed E-state index contributed by atoms with van der Waals surface area (Å²) in [6.07, 6.45) is 0. The van der Waals surface area contributed by atoms with E-state index in [4.69, 9.17) is 10.8 Å². The highest BCUT2D eigenvalue weighted by Gasteiger charge is 2.26. The molecule has 18 heavy (non-hydrogen) atoms. The number of hydrogen-bond acceptors (Lipinski definition) is 3. The number of nitrogens with two attached hydrogens (primary N) is 1. The Morgan fingerprint density at radius 3 is 2.44 bits per heavy atom. The number of rotatable bonds is 4. The standard InChI is InChI=1S/C13H18N2O3/c1-8-6-9(11(16)17)4-5-10(8)15-12(18)13(2,3)7-14/h4-6H,7,14H2,1-3H3,(H,15,18)(H,16,17). The van der Waals surface area contributed by atoms with Crippen LogP contribution in [0.25, 0.3) is 0 Å². The summed E-state index contributed by atoms with van der Waals surface area (Å²) in [6.45, 7) is 5.50. The third-order valence-corrected chi connectivity index (χ3v) is 2.85. The molecule has 0 aliphatic rings. The first kappa shape index (κ1) is 14.2. The van der Waals surface area contributed by atoms with Crippen molar-refractivity contribution in [1.82, 2.24) is 0 Å². The minimum Gasteiger partial charge on any atom is -0.478 e. The number of hydrogen-bond donors (Lipinski definition) is 3. The Morgan fingerprint density at radius 2 is 2.00 bits per heavy atom. The maximum absolute atomic E-state index is 11.9. The average molecular weight is 250 g/mol. The third-order valence-electron chi connectivity index (χ3n) is 2.85. The molecule has 0 fully saturated rings. The number of anilines is 1. The van der Waals surface area contributed by atoms with Crippen LogP contribution in [0.3, 0.4) is 0 Å². The van der Waals surface area contributed by atoms with Crippen LogP contribution in [0.5, 0.6) is 0 Å². The van der Waals surface area contributed by atoms with E-state index in [9.17, 15) is 9.59 Å². The number of aromatic carboxylic acids is 1. The van der Waals surface area contributed by atoms with E-state index in [1.54, 1.807) is 26.8 Å². The van der Waals surface area contributed by atoms with Crippen LogP contribution in [0.2, 0.25) is 0 Å². The normalized spacial score (nSPS) is 11.1. The molecule has 0 saturated carbocycles. The van der Waals surface area contributed by atoms with Gasteiger partial charge in [0.1, 0.15) is 0 Å². The summed E-state index contributed by atoms with van der Waals surface area (Å²) in [7, 11) is 0. The molecule has 1 rings (SSSR count). The van der Waals surface area contributed by atoms with Gasteiger partial charge in [0.2, 0.25) is 5.91 Å².